The highest BCUT2D eigenvalue weighted by molar-refractivity contribution is 5.79. The van der Waals surface area contributed by atoms with E-state index in [9.17, 15) is 15.0 Å². The lowest BCUT2D eigenvalue weighted by Crippen LogP contribution is -2.35. The summed E-state index contributed by atoms with van der Waals surface area (Å²) in [6, 6.07) is 11.1. The van der Waals surface area contributed by atoms with Gasteiger partial charge in [-0.3, -0.25) is 0 Å². The van der Waals surface area contributed by atoms with Crippen LogP contribution in [-0.4, -0.2) is 24.3 Å². The second-order valence-corrected chi connectivity index (χ2v) is 6.64. The van der Waals surface area contributed by atoms with Crippen molar-refractivity contribution in [1.29, 1.82) is 5.26 Å². The standard InChI is InChI=1S/C23H26N2O4/c1-4-15(3)19-12-16(5-2)13-20(22(19)29-11-10-26)21(23(27)28)25-18-8-6-17(14-24)7-9-18/h4,6-9,12-13,15,21,25-26H,1,5,10-11H2,2-3H3,(H,27,28)/p-1. The van der Waals surface area contributed by atoms with Gasteiger partial charge in [-0.2, -0.15) is 5.26 Å². The summed E-state index contributed by atoms with van der Waals surface area (Å²) in [5, 5.41) is 33.2. The zero-order valence-corrected chi connectivity index (χ0v) is 16.6. The Labute approximate surface area is 171 Å². The molecule has 6 nitrogen and oxygen atoms in total. The molecule has 0 saturated carbocycles. The van der Waals surface area contributed by atoms with Gasteiger partial charge >= 0.3 is 0 Å². The molecule has 0 spiro atoms. The van der Waals surface area contributed by atoms with Crippen LogP contribution < -0.4 is 15.2 Å². The van der Waals surface area contributed by atoms with E-state index in [4.69, 9.17) is 10.00 Å². The maximum atomic E-state index is 12.1. The molecule has 6 heteroatoms. The molecule has 2 aromatic carbocycles. The Morgan fingerprint density at radius 2 is 2.00 bits per heavy atom. The number of hydrogen-bond donors (Lipinski definition) is 2. The number of benzene rings is 2. The number of aliphatic hydroxyl groups excluding tert-OH is 1. The SMILES string of the molecule is C=CC(C)c1cc(CC)cc(C(Nc2ccc(C#N)cc2)C(=O)[O-])c1OCCO. The number of nitrogens with zero attached hydrogens (tertiary/aromatic N) is 1. The highest BCUT2D eigenvalue weighted by Crippen LogP contribution is 2.37. The molecule has 0 aromatic heterocycles. The predicted octanol–water partition coefficient (Wildman–Crippen LogP) is 2.68. The van der Waals surface area contributed by atoms with Gasteiger partial charge in [0.1, 0.15) is 12.4 Å². The first kappa shape index (κ1) is 22.0. The first-order chi connectivity index (χ1) is 13.9. The lowest BCUT2D eigenvalue weighted by molar-refractivity contribution is -0.307. The van der Waals surface area contributed by atoms with E-state index < -0.39 is 12.0 Å². The number of ether oxygens (including phenoxy) is 1. The molecule has 0 radical (unpaired) electrons. The number of nitriles is 1. The van der Waals surface area contributed by atoms with Crippen molar-refractivity contribution in [3.63, 3.8) is 0 Å². The number of carboxylic acid groups (broad SMARTS) is 1. The van der Waals surface area contributed by atoms with Gasteiger partial charge in [-0.25, -0.2) is 0 Å². The van der Waals surface area contributed by atoms with Gasteiger partial charge in [-0.1, -0.05) is 26.0 Å². The second-order valence-electron chi connectivity index (χ2n) is 6.64. The van der Waals surface area contributed by atoms with Crippen molar-refractivity contribution < 1.29 is 19.7 Å². The number of carbonyl (C=O) groups is 1. The number of aliphatic hydroxyl groups is 1. The van der Waals surface area contributed by atoms with Crippen LogP contribution in [0.5, 0.6) is 5.75 Å². The second kappa shape index (κ2) is 10.3. The van der Waals surface area contributed by atoms with E-state index in [1.807, 2.05) is 26.0 Å². The van der Waals surface area contributed by atoms with Gasteiger partial charge in [0.2, 0.25) is 0 Å². The van der Waals surface area contributed by atoms with Gasteiger partial charge in [-0.15, -0.1) is 6.58 Å². The van der Waals surface area contributed by atoms with E-state index >= 15 is 0 Å². The Morgan fingerprint density at radius 1 is 1.34 bits per heavy atom. The van der Waals surface area contributed by atoms with Gasteiger partial charge < -0.3 is 25.1 Å². The summed E-state index contributed by atoms with van der Waals surface area (Å²) in [5.41, 5.74) is 3.18. The van der Waals surface area contributed by atoms with Crippen molar-refractivity contribution in [3.05, 3.63) is 71.3 Å². The van der Waals surface area contributed by atoms with Crippen LogP contribution in [0, 0.1) is 11.3 Å². The Bertz CT molecular complexity index is 900. The number of carbonyl (C=O) groups excluding carboxylic acids is 1. The number of aliphatic carboxylic acids is 1. The van der Waals surface area contributed by atoms with E-state index in [-0.39, 0.29) is 19.1 Å². The molecule has 0 saturated heterocycles. The van der Waals surface area contributed by atoms with Crippen LogP contribution in [0.1, 0.15) is 48.1 Å². The molecule has 29 heavy (non-hydrogen) atoms. The number of carboxylic acids is 1. The van der Waals surface area contributed by atoms with Gasteiger partial charge in [-0.05, 0) is 42.3 Å². The zero-order chi connectivity index (χ0) is 21.4. The van der Waals surface area contributed by atoms with Crippen LogP contribution in [0.3, 0.4) is 0 Å². The van der Waals surface area contributed by atoms with E-state index in [0.717, 1.165) is 11.1 Å². The van der Waals surface area contributed by atoms with Gasteiger partial charge in [0, 0.05) is 22.7 Å². The van der Waals surface area contributed by atoms with E-state index in [0.29, 0.717) is 29.0 Å². The smallest absolute Gasteiger partial charge is 0.128 e. The third-order valence-electron chi connectivity index (χ3n) is 4.67. The number of rotatable bonds is 10. The Balaban J connectivity index is 2.59. The van der Waals surface area contributed by atoms with Crippen LogP contribution in [0.2, 0.25) is 0 Å². The molecule has 2 rings (SSSR count). The fraction of sp³-hybridized carbons (Fsp3) is 0.304. The molecule has 2 N–H and O–H groups in total. The van der Waals surface area contributed by atoms with Crippen molar-refractivity contribution in [2.45, 2.75) is 32.2 Å². The van der Waals surface area contributed by atoms with Gasteiger partial charge in [0.25, 0.3) is 0 Å². The number of hydrogen-bond acceptors (Lipinski definition) is 6. The quantitative estimate of drug-likeness (QED) is 0.601. The third kappa shape index (κ3) is 5.37. The molecule has 0 aliphatic carbocycles. The third-order valence-corrected chi connectivity index (χ3v) is 4.67. The number of allylic oxidation sites excluding steroid dienone is 1. The van der Waals surface area contributed by atoms with Crippen molar-refractivity contribution in [2.24, 2.45) is 0 Å². The summed E-state index contributed by atoms with van der Waals surface area (Å²) in [5.74, 6) is -0.987. The Morgan fingerprint density at radius 3 is 2.52 bits per heavy atom. The van der Waals surface area contributed by atoms with Gasteiger partial charge in [0.05, 0.1) is 30.3 Å². The van der Waals surface area contributed by atoms with Crippen LogP contribution >= 0.6 is 0 Å². The Hall–Kier alpha value is -3.30. The van der Waals surface area contributed by atoms with E-state index in [1.165, 1.54) is 0 Å². The first-order valence-corrected chi connectivity index (χ1v) is 9.45. The van der Waals surface area contributed by atoms with Crippen LogP contribution in [0.15, 0.2) is 49.1 Å². The molecule has 152 valence electrons. The topological polar surface area (TPSA) is 105 Å². The minimum Gasteiger partial charge on any atom is -0.548 e. The molecular weight excluding hydrogens is 368 g/mol. The minimum absolute atomic E-state index is 0.0337. The van der Waals surface area contributed by atoms with E-state index in [2.05, 4.69) is 11.9 Å². The molecule has 0 fully saturated rings. The van der Waals surface area contributed by atoms with Crippen molar-refractivity contribution in [2.75, 3.05) is 18.5 Å². The molecule has 2 atom stereocenters. The van der Waals surface area contributed by atoms with Crippen LogP contribution in [0.25, 0.3) is 0 Å². The molecule has 0 bridgehead atoms. The summed E-state index contributed by atoms with van der Waals surface area (Å²) in [6.07, 6.45) is 2.47. The molecule has 2 aromatic rings. The minimum atomic E-state index is -1.31. The molecular formula is C23H25N2O4-. The lowest BCUT2D eigenvalue weighted by atomic mass is 9.91. The fourth-order valence-electron chi connectivity index (χ4n) is 3.01. The summed E-state index contributed by atoms with van der Waals surface area (Å²) < 4.78 is 5.77. The predicted molar refractivity (Wildman–Crippen MR) is 110 cm³/mol. The van der Waals surface area contributed by atoms with Crippen LogP contribution in [0.4, 0.5) is 5.69 Å². The largest absolute Gasteiger partial charge is 0.548 e. The molecule has 0 aliphatic rings. The van der Waals surface area contributed by atoms with E-state index in [1.54, 1.807) is 36.4 Å². The molecule has 0 amide bonds. The summed E-state index contributed by atoms with van der Waals surface area (Å²) >= 11 is 0. The van der Waals surface area contributed by atoms with Gasteiger partial charge in [0.15, 0.2) is 0 Å². The van der Waals surface area contributed by atoms with Crippen molar-refractivity contribution in [3.8, 4) is 11.8 Å². The summed E-state index contributed by atoms with van der Waals surface area (Å²) in [6.45, 7) is 7.59. The maximum absolute atomic E-state index is 12.1. The fourth-order valence-corrected chi connectivity index (χ4v) is 3.01. The van der Waals surface area contributed by atoms with Crippen molar-refractivity contribution in [1.82, 2.24) is 0 Å². The monoisotopic (exact) mass is 393 g/mol. The van der Waals surface area contributed by atoms with Crippen LogP contribution in [-0.2, 0) is 11.2 Å². The number of anilines is 1. The summed E-state index contributed by atoms with van der Waals surface area (Å²) in [7, 11) is 0. The first-order valence-electron chi connectivity index (χ1n) is 9.45. The molecule has 2 unspecified atom stereocenters. The molecule has 0 aliphatic heterocycles. The normalized spacial score (nSPS) is 12.5. The Kier molecular flexibility index (Phi) is 7.81. The highest BCUT2D eigenvalue weighted by atomic mass is 16.5. The number of nitrogens with one attached hydrogen (secondary N) is 1. The molecule has 0 heterocycles. The summed E-state index contributed by atoms with van der Waals surface area (Å²) in [4.78, 5) is 12.1. The maximum Gasteiger partial charge on any atom is 0.128 e. The average Bonchev–Trinajstić information content (AvgIpc) is 2.75. The number of aryl methyl sites for hydroxylation is 1. The average molecular weight is 393 g/mol. The highest BCUT2D eigenvalue weighted by Gasteiger charge is 2.23. The zero-order valence-electron chi connectivity index (χ0n) is 16.6. The lowest BCUT2D eigenvalue weighted by Gasteiger charge is -2.27. The van der Waals surface area contributed by atoms with Crippen molar-refractivity contribution >= 4 is 11.7 Å².